The molecule has 0 bridgehead atoms. The lowest BCUT2D eigenvalue weighted by molar-refractivity contribution is -0.135. The second-order valence-electron chi connectivity index (χ2n) is 6.05. The fourth-order valence-corrected chi connectivity index (χ4v) is 4.87. The van der Waals surface area contributed by atoms with E-state index in [2.05, 4.69) is 9.98 Å². The summed E-state index contributed by atoms with van der Waals surface area (Å²) in [6, 6.07) is 4.11. The number of carbonyl (C=O) groups is 2. The average Bonchev–Trinajstić information content (AvgIpc) is 2.98. The molecule has 0 saturated carbocycles. The predicted molar refractivity (Wildman–Crippen MR) is 80.5 cm³/mol. The fraction of sp³-hybridized carbons (Fsp3) is 0.467. The van der Waals surface area contributed by atoms with E-state index >= 15 is 0 Å². The molecule has 1 aromatic carbocycles. The number of hydrogen-bond acceptors (Lipinski definition) is 4. The van der Waals surface area contributed by atoms with Crippen LogP contribution in [0.4, 0.5) is 0 Å². The first-order chi connectivity index (χ1) is 10.8. The number of hydrogen-bond donors (Lipinski definition) is 0. The molecule has 8 heteroatoms. The quantitative estimate of drug-likeness (QED) is 0.715. The van der Waals surface area contributed by atoms with Crippen molar-refractivity contribution in [3.8, 4) is 0 Å². The average molecular weight is 335 g/mol. The molecular weight excluding hydrogens is 318 g/mol. The SMILES string of the molecule is CC(C)C1CCCN1S(=O)(=O)c1ccc2c(c1)=NC(=O)C(=O)N=2. The molecule has 2 aliphatic rings. The van der Waals surface area contributed by atoms with E-state index in [9.17, 15) is 18.0 Å². The highest BCUT2D eigenvalue weighted by atomic mass is 32.2. The molecule has 2 amide bonds. The van der Waals surface area contributed by atoms with E-state index < -0.39 is 21.8 Å². The Morgan fingerprint density at radius 3 is 2.43 bits per heavy atom. The standard InChI is InChI=1S/C15H17N3O4S/c1-9(2)13-4-3-7-18(13)23(21,22)10-5-6-11-12(8-10)17-15(20)14(19)16-11/h5-6,8-9,13H,3-4,7H2,1-2H3. The van der Waals surface area contributed by atoms with Crippen LogP contribution in [-0.2, 0) is 19.6 Å². The third-order valence-corrected chi connectivity index (χ3v) is 6.12. The molecule has 2 aliphatic heterocycles. The first-order valence-electron chi connectivity index (χ1n) is 7.48. The lowest BCUT2D eigenvalue weighted by atomic mass is 10.0. The van der Waals surface area contributed by atoms with Crippen LogP contribution in [0.5, 0.6) is 0 Å². The maximum absolute atomic E-state index is 12.9. The van der Waals surface area contributed by atoms with E-state index in [1.165, 1.54) is 22.5 Å². The highest BCUT2D eigenvalue weighted by Gasteiger charge is 2.36. The summed E-state index contributed by atoms with van der Waals surface area (Å²) in [6.45, 7) is 4.49. The van der Waals surface area contributed by atoms with Crippen LogP contribution >= 0.6 is 0 Å². The van der Waals surface area contributed by atoms with Crippen LogP contribution < -0.4 is 10.7 Å². The van der Waals surface area contributed by atoms with E-state index in [-0.39, 0.29) is 27.6 Å². The maximum atomic E-state index is 12.9. The number of sulfonamides is 1. The molecular formula is C15H17N3O4S. The maximum Gasteiger partial charge on any atom is 0.338 e. The second kappa shape index (κ2) is 5.61. The number of amides is 2. The Kier molecular flexibility index (Phi) is 3.89. The van der Waals surface area contributed by atoms with Crippen molar-refractivity contribution >= 4 is 21.8 Å². The van der Waals surface area contributed by atoms with Gasteiger partial charge in [-0.2, -0.15) is 4.31 Å². The first kappa shape index (κ1) is 15.9. The molecule has 0 N–H and O–H groups in total. The molecule has 1 saturated heterocycles. The van der Waals surface area contributed by atoms with Gasteiger partial charge < -0.3 is 0 Å². The number of carbonyl (C=O) groups excluding carboxylic acids is 2. The molecule has 0 radical (unpaired) electrons. The Hall–Kier alpha value is -1.93. The van der Waals surface area contributed by atoms with Crippen LogP contribution in [0, 0.1) is 5.92 Å². The zero-order chi connectivity index (χ0) is 16.8. The number of fused-ring (bicyclic) bond motifs is 1. The van der Waals surface area contributed by atoms with Crippen molar-refractivity contribution in [1.82, 2.24) is 4.31 Å². The van der Waals surface area contributed by atoms with Crippen LogP contribution in [0.15, 0.2) is 33.1 Å². The highest BCUT2D eigenvalue weighted by molar-refractivity contribution is 7.89. The summed E-state index contributed by atoms with van der Waals surface area (Å²) in [7, 11) is -3.66. The van der Waals surface area contributed by atoms with Crippen LogP contribution in [0.2, 0.25) is 0 Å². The zero-order valence-corrected chi connectivity index (χ0v) is 13.7. The topological polar surface area (TPSA) is 96.2 Å². The largest absolute Gasteiger partial charge is 0.338 e. The van der Waals surface area contributed by atoms with Gasteiger partial charge in [0.15, 0.2) is 0 Å². The lowest BCUT2D eigenvalue weighted by Crippen LogP contribution is -2.40. The first-order valence-corrected chi connectivity index (χ1v) is 8.92. The Bertz CT molecular complexity index is 905. The molecule has 23 heavy (non-hydrogen) atoms. The highest BCUT2D eigenvalue weighted by Crippen LogP contribution is 2.29. The van der Waals surface area contributed by atoms with Crippen molar-refractivity contribution in [2.24, 2.45) is 15.9 Å². The molecule has 1 fully saturated rings. The summed E-state index contributed by atoms with van der Waals surface area (Å²) in [5, 5.41) is 0.339. The minimum Gasteiger partial charge on any atom is -0.261 e. The van der Waals surface area contributed by atoms with Crippen molar-refractivity contribution in [3.05, 3.63) is 28.9 Å². The van der Waals surface area contributed by atoms with E-state index in [0.29, 0.717) is 6.54 Å². The van der Waals surface area contributed by atoms with E-state index in [1.807, 2.05) is 13.8 Å². The van der Waals surface area contributed by atoms with Gasteiger partial charge in [-0.25, -0.2) is 18.4 Å². The summed E-state index contributed by atoms with van der Waals surface area (Å²) >= 11 is 0. The van der Waals surface area contributed by atoms with Crippen molar-refractivity contribution in [3.63, 3.8) is 0 Å². The van der Waals surface area contributed by atoms with Crippen LogP contribution in [0.25, 0.3) is 0 Å². The molecule has 1 unspecified atom stereocenters. The summed E-state index contributed by atoms with van der Waals surface area (Å²) < 4.78 is 27.3. The summed E-state index contributed by atoms with van der Waals surface area (Å²) in [5.41, 5.74) is 0. The smallest absolute Gasteiger partial charge is 0.261 e. The molecule has 1 atom stereocenters. The Morgan fingerprint density at radius 2 is 1.78 bits per heavy atom. The molecule has 2 heterocycles. The van der Waals surface area contributed by atoms with Gasteiger partial charge in [-0.1, -0.05) is 13.8 Å². The summed E-state index contributed by atoms with van der Waals surface area (Å²) in [4.78, 5) is 29.9. The molecule has 0 aromatic heterocycles. The van der Waals surface area contributed by atoms with Gasteiger partial charge in [0, 0.05) is 12.6 Å². The third-order valence-electron chi connectivity index (χ3n) is 4.20. The lowest BCUT2D eigenvalue weighted by Gasteiger charge is -2.26. The zero-order valence-electron chi connectivity index (χ0n) is 12.9. The minimum atomic E-state index is -3.66. The molecule has 7 nitrogen and oxygen atoms in total. The Balaban J connectivity index is 2.08. The van der Waals surface area contributed by atoms with Gasteiger partial charge in [0.05, 0.1) is 15.6 Å². The monoisotopic (exact) mass is 335 g/mol. The predicted octanol–water partition coefficient (Wildman–Crippen LogP) is -0.198. The Morgan fingerprint density at radius 1 is 1.13 bits per heavy atom. The molecule has 0 spiro atoms. The van der Waals surface area contributed by atoms with Gasteiger partial charge >= 0.3 is 11.8 Å². The minimum absolute atomic E-state index is 0.0270. The summed E-state index contributed by atoms with van der Waals surface area (Å²) in [6.07, 6.45) is 1.67. The van der Waals surface area contributed by atoms with Gasteiger partial charge in [0.25, 0.3) is 0 Å². The van der Waals surface area contributed by atoms with Gasteiger partial charge in [0.1, 0.15) is 0 Å². The van der Waals surface area contributed by atoms with Gasteiger partial charge in [-0.05, 0) is 37.0 Å². The molecule has 1 aromatic rings. The third kappa shape index (κ3) is 2.72. The van der Waals surface area contributed by atoms with Gasteiger partial charge in [-0.3, -0.25) is 9.59 Å². The second-order valence-corrected chi connectivity index (χ2v) is 7.94. The Labute approximate surface area is 133 Å². The van der Waals surface area contributed by atoms with Crippen molar-refractivity contribution in [2.75, 3.05) is 6.54 Å². The van der Waals surface area contributed by atoms with Crippen LogP contribution in [-0.4, -0.2) is 37.1 Å². The van der Waals surface area contributed by atoms with Crippen molar-refractivity contribution < 1.29 is 18.0 Å². The van der Waals surface area contributed by atoms with E-state index in [1.54, 1.807) is 0 Å². The van der Waals surface area contributed by atoms with Crippen LogP contribution in [0.3, 0.4) is 0 Å². The molecule has 0 aliphatic carbocycles. The van der Waals surface area contributed by atoms with Crippen LogP contribution in [0.1, 0.15) is 26.7 Å². The number of benzene rings is 1. The number of nitrogens with zero attached hydrogens (tertiary/aromatic N) is 3. The normalized spacial score (nSPS) is 22.0. The molecule has 3 rings (SSSR count). The van der Waals surface area contributed by atoms with Gasteiger partial charge in [-0.15, -0.1) is 0 Å². The summed E-state index contributed by atoms with van der Waals surface area (Å²) in [5.74, 6) is -1.69. The fourth-order valence-electron chi connectivity index (χ4n) is 3.03. The van der Waals surface area contributed by atoms with E-state index in [4.69, 9.17) is 0 Å². The van der Waals surface area contributed by atoms with Crippen molar-refractivity contribution in [2.45, 2.75) is 37.6 Å². The number of rotatable bonds is 3. The van der Waals surface area contributed by atoms with Gasteiger partial charge in [0.2, 0.25) is 10.0 Å². The molecule has 122 valence electrons. The van der Waals surface area contributed by atoms with Crippen molar-refractivity contribution in [1.29, 1.82) is 0 Å². The van der Waals surface area contributed by atoms with E-state index in [0.717, 1.165) is 12.8 Å².